The smallest absolute Gasteiger partial charge is 0.119 e. The van der Waals surface area contributed by atoms with E-state index in [0.717, 1.165) is 30.6 Å². The highest BCUT2D eigenvalue weighted by Gasteiger charge is 2.17. The molecule has 0 saturated carbocycles. The summed E-state index contributed by atoms with van der Waals surface area (Å²) in [7, 11) is 0. The van der Waals surface area contributed by atoms with E-state index < -0.39 is 0 Å². The quantitative estimate of drug-likeness (QED) is 0.775. The molecule has 1 aromatic carbocycles. The lowest BCUT2D eigenvalue weighted by molar-refractivity contribution is 0.457. The van der Waals surface area contributed by atoms with Crippen LogP contribution in [0.4, 0.5) is 0 Å². The standard InChI is InChI=1S/C13H19NO/c1-9-5-10(2)12(13(15)6-9)7-11-3-4-14-8-11/h5-6,11,14-15H,3-4,7-8H2,1-2H3. The molecular weight excluding hydrogens is 186 g/mol. The number of aromatic hydroxyl groups is 1. The van der Waals surface area contributed by atoms with Crippen molar-refractivity contribution < 1.29 is 5.11 Å². The van der Waals surface area contributed by atoms with Gasteiger partial charge >= 0.3 is 0 Å². The Morgan fingerprint density at radius 2 is 2.20 bits per heavy atom. The van der Waals surface area contributed by atoms with E-state index in [1.54, 1.807) is 0 Å². The number of hydrogen-bond donors (Lipinski definition) is 2. The van der Waals surface area contributed by atoms with Crippen molar-refractivity contribution in [3.8, 4) is 5.75 Å². The van der Waals surface area contributed by atoms with E-state index in [9.17, 15) is 5.11 Å². The second-order valence-corrected chi connectivity index (χ2v) is 4.64. The lowest BCUT2D eigenvalue weighted by atomic mass is 9.93. The fraction of sp³-hybridized carbons (Fsp3) is 0.538. The van der Waals surface area contributed by atoms with E-state index in [1.807, 2.05) is 13.0 Å². The van der Waals surface area contributed by atoms with Gasteiger partial charge in [0, 0.05) is 0 Å². The summed E-state index contributed by atoms with van der Waals surface area (Å²) in [6.45, 7) is 6.32. The first-order chi connectivity index (χ1) is 7.16. The molecule has 1 aliphatic heterocycles. The van der Waals surface area contributed by atoms with Crippen LogP contribution in [0, 0.1) is 19.8 Å². The number of aryl methyl sites for hydroxylation is 2. The highest BCUT2D eigenvalue weighted by atomic mass is 16.3. The summed E-state index contributed by atoms with van der Waals surface area (Å²) in [6.07, 6.45) is 2.23. The number of phenols is 1. The maximum Gasteiger partial charge on any atom is 0.119 e. The first-order valence-corrected chi connectivity index (χ1v) is 5.66. The van der Waals surface area contributed by atoms with Gasteiger partial charge in [-0.1, -0.05) is 6.07 Å². The van der Waals surface area contributed by atoms with Gasteiger partial charge in [-0.15, -0.1) is 0 Å². The Morgan fingerprint density at radius 3 is 2.80 bits per heavy atom. The average molecular weight is 205 g/mol. The van der Waals surface area contributed by atoms with Gasteiger partial charge in [-0.05, 0) is 68.5 Å². The first kappa shape index (κ1) is 10.5. The molecule has 1 aromatic rings. The normalized spacial score (nSPS) is 20.8. The Balaban J connectivity index is 2.19. The topological polar surface area (TPSA) is 32.3 Å². The van der Waals surface area contributed by atoms with Crippen LogP contribution in [-0.4, -0.2) is 18.2 Å². The Morgan fingerprint density at radius 1 is 1.40 bits per heavy atom. The zero-order chi connectivity index (χ0) is 10.8. The molecule has 0 aromatic heterocycles. The Kier molecular flexibility index (Phi) is 2.96. The van der Waals surface area contributed by atoms with Crippen LogP contribution in [0.1, 0.15) is 23.1 Å². The van der Waals surface area contributed by atoms with E-state index in [2.05, 4.69) is 18.3 Å². The van der Waals surface area contributed by atoms with Gasteiger partial charge in [-0.2, -0.15) is 0 Å². The van der Waals surface area contributed by atoms with Crippen LogP contribution >= 0.6 is 0 Å². The third-order valence-corrected chi connectivity index (χ3v) is 3.25. The molecule has 1 heterocycles. The van der Waals surface area contributed by atoms with Crippen molar-refractivity contribution in [2.75, 3.05) is 13.1 Å². The SMILES string of the molecule is Cc1cc(C)c(CC2CCNC2)c(O)c1. The maximum absolute atomic E-state index is 9.91. The summed E-state index contributed by atoms with van der Waals surface area (Å²) < 4.78 is 0. The van der Waals surface area contributed by atoms with E-state index >= 15 is 0 Å². The molecule has 0 amide bonds. The molecule has 2 N–H and O–H groups in total. The summed E-state index contributed by atoms with van der Waals surface area (Å²) >= 11 is 0. The molecule has 2 heteroatoms. The maximum atomic E-state index is 9.91. The van der Waals surface area contributed by atoms with Crippen molar-refractivity contribution in [1.29, 1.82) is 0 Å². The minimum absolute atomic E-state index is 0.472. The zero-order valence-corrected chi connectivity index (χ0v) is 9.51. The molecule has 82 valence electrons. The molecule has 0 spiro atoms. The minimum atomic E-state index is 0.472. The molecule has 0 bridgehead atoms. The fourth-order valence-corrected chi connectivity index (χ4v) is 2.42. The van der Waals surface area contributed by atoms with Gasteiger partial charge in [0.2, 0.25) is 0 Å². The molecule has 1 aliphatic rings. The third kappa shape index (κ3) is 2.32. The van der Waals surface area contributed by atoms with Crippen LogP contribution in [0.25, 0.3) is 0 Å². The molecule has 2 rings (SSSR count). The highest BCUT2D eigenvalue weighted by Crippen LogP contribution is 2.27. The number of phenolic OH excluding ortho intramolecular Hbond substituents is 1. The average Bonchev–Trinajstić information content (AvgIpc) is 2.63. The minimum Gasteiger partial charge on any atom is -0.508 e. The van der Waals surface area contributed by atoms with Crippen LogP contribution in [0.15, 0.2) is 12.1 Å². The van der Waals surface area contributed by atoms with Gasteiger partial charge in [-0.25, -0.2) is 0 Å². The number of hydrogen-bond acceptors (Lipinski definition) is 2. The molecule has 1 atom stereocenters. The van der Waals surface area contributed by atoms with Gasteiger partial charge in [0.25, 0.3) is 0 Å². The Labute approximate surface area is 91.3 Å². The second-order valence-electron chi connectivity index (χ2n) is 4.64. The molecule has 1 unspecified atom stereocenters. The van der Waals surface area contributed by atoms with E-state index in [1.165, 1.54) is 12.0 Å². The molecule has 0 aliphatic carbocycles. The molecule has 0 radical (unpaired) electrons. The largest absolute Gasteiger partial charge is 0.508 e. The van der Waals surface area contributed by atoms with Crippen LogP contribution < -0.4 is 5.32 Å². The van der Waals surface area contributed by atoms with Crippen molar-refractivity contribution in [2.45, 2.75) is 26.7 Å². The summed E-state index contributed by atoms with van der Waals surface area (Å²) in [5, 5.41) is 13.3. The first-order valence-electron chi connectivity index (χ1n) is 5.66. The summed E-state index contributed by atoms with van der Waals surface area (Å²) in [4.78, 5) is 0. The molecule has 15 heavy (non-hydrogen) atoms. The second kappa shape index (κ2) is 4.23. The van der Waals surface area contributed by atoms with Crippen LogP contribution in [0.5, 0.6) is 5.75 Å². The molecule has 1 saturated heterocycles. The summed E-state index contributed by atoms with van der Waals surface area (Å²) in [5.74, 6) is 1.16. The predicted molar refractivity (Wildman–Crippen MR) is 62.3 cm³/mol. The van der Waals surface area contributed by atoms with Gasteiger partial charge < -0.3 is 10.4 Å². The number of nitrogens with one attached hydrogen (secondary N) is 1. The van der Waals surface area contributed by atoms with Crippen molar-refractivity contribution in [2.24, 2.45) is 5.92 Å². The molecule has 2 nitrogen and oxygen atoms in total. The monoisotopic (exact) mass is 205 g/mol. The van der Waals surface area contributed by atoms with Crippen LogP contribution in [-0.2, 0) is 6.42 Å². The molecular formula is C13H19NO. The zero-order valence-electron chi connectivity index (χ0n) is 9.51. The summed E-state index contributed by atoms with van der Waals surface area (Å²) in [5.41, 5.74) is 3.49. The van der Waals surface area contributed by atoms with E-state index in [4.69, 9.17) is 0 Å². The van der Waals surface area contributed by atoms with E-state index in [0.29, 0.717) is 11.7 Å². The number of rotatable bonds is 2. The number of benzene rings is 1. The lowest BCUT2D eigenvalue weighted by Gasteiger charge is -2.13. The lowest BCUT2D eigenvalue weighted by Crippen LogP contribution is -2.11. The Bertz CT molecular complexity index is 331. The van der Waals surface area contributed by atoms with Gasteiger partial charge in [0.15, 0.2) is 0 Å². The highest BCUT2D eigenvalue weighted by molar-refractivity contribution is 5.42. The van der Waals surface area contributed by atoms with Crippen LogP contribution in [0.3, 0.4) is 0 Å². The fourth-order valence-electron chi connectivity index (χ4n) is 2.42. The van der Waals surface area contributed by atoms with Crippen molar-refractivity contribution in [3.63, 3.8) is 0 Å². The third-order valence-electron chi connectivity index (χ3n) is 3.25. The van der Waals surface area contributed by atoms with Crippen molar-refractivity contribution in [1.82, 2.24) is 5.32 Å². The van der Waals surface area contributed by atoms with Crippen molar-refractivity contribution in [3.05, 3.63) is 28.8 Å². The summed E-state index contributed by atoms with van der Waals surface area (Å²) in [6, 6.07) is 4.02. The van der Waals surface area contributed by atoms with Gasteiger partial charge in [0.1, 0.15) is 5.75 Å². The van der Waals surface area contributed by atoms with Crippen LogP contribution in [0.2, 0.25) is 0 Å². The van der Waals surface area contributed by atoms with Crippen molar-refractivity contribution >= 4 is 0 Å². The molecule has 1 fully saturated rings. The van der Waals surface area contributed by atoms with Gasteiger partial charge in [0.05, 0.1) is 0 Å². The predicted octanol–water partition coefficient (Wildman–Crippen LogP) is 2.16. The van der Waals surface area contributed by atoms with Gasteiger partial charge in [-0.3, -0.25) is 0 Å². The Hall–Kier alpha value is -1.02. The van der Waals surface area contributed by atoms with E-state index in [-0.39, 0.29) is 0 Å².